The van der Waals surface area contributed by atoms with Crippen molar-refractivity contribution in [3.63, 3.8) is 0 Å². The van der Waals surface area contributed by atoms with Crippen molar-refractivity contribution in [1.82, 2.24) is 9.97 Å². The lowest BCUT2D eigenvalue weighted by atomic mass is 10.1. The third-order valence-electron chi connectivity index (χ3n) is 4.56. The summed E-state index contributed by atoms with van der Waals surface area (Å²) in [6.07, 6.45) is -2.79. The average molecular weight is 454 g/mol. The second kappa shape index (κ2) is 8.33. The van der Waals surface area contributed by atoms with Crippen LogP contribution < -0.4 is 4.74 Å². The molecule has 168 valence electrons. The van der Waals surface area contributed by atoms with Gasteiger partial charge in [0.15, 0.2) is 11.6 Å². The van der Waals surface area contributed by atoms with Crippen molar-refractivity contribution in [3.8, 4) is 5.75 Å². The number of carbonyl (C=O) groups excluding carboxylic acids is 1. The lowest BCUT2D eigenvalue weighted by Gasteiger charge is -2.05. The summed E-state index contributed by atoms with van der Waals surface area (Å²) in [5.74, 6) is -4.59. The van der Waals surface area contributed by atoms with Crippen LogP contribution in [-0.2, 0) is 0 Å². The molecule has 0 spiro atoms. The number of ketones is 1. The zero-order valence-corrected chi connectivity index (χ0v) is 16.5. The first kappa shape index (κ1) is 22.8. The summed E-state index contributed by atoms with van der Waals surface area (Å²) in [5.41, 5.74) is 0.825. The van der Waals surface area contributed by atoms with Crippen LogP contribution >= 0.6 is 0 Å². The number of nitrogens with one attached hydrogen (secondary N) is 2. The second-order valence-corrected chi connectivity index (χ2v) is 6.74. The number of fused-ring (bicyclic) bond motifs is 2. The second-order valence-electron chi connectivity index (χ2n) is 6.74. The summed E-state index contributed by atoms with van der Waals surface area (Å²) in [6, 6.07) is 5.06. The molecule has 3 N–H and O–H groups in total. The first-order valence-electron chi connectivity index (χ1n) is 8.90. The summed E-state index contributed by atoms with van der Waals surface area (Å²) in [6.45, 7) is 1.75. The molecule has 2 heterocycles. The van der Waals surface area contributed by atoms with Crippen LogP contribution in [0.1, 0.15) is 26.3 Å². The number of benzene rings is 2. The van der Waals surface area contributed by atoms with Gasteiger partial charge in [-0.1, -0.05) is 0 Å². The number of halogens is 5. The van der Waals surface area contributed by atoms with E-state index in [1.54, 1.807) is 13.0 Å². The number of carboxylic acid groups (broad SMARTS) is 1. The van der Waals surface area contributed by atoms with Gasteiger partial charge in [0.2, 0.25) is 0 Å². The molecule has 0 bridgehead atoms. The molecular formula is C21H15F5N2O4. The highest BCUT2D eigenvalue weighted by atomic mass is 19.4. The molecule has 0 unspecified atom stereocenters. The zero-order chi connectivity index (χ0) is 23.8. The quantitative estimate of drug-likeness (QED) is 0.286. The molecule has 0 radical (unpaired) electrons. The Kier molecular flexibility index (Phi) is 5.93. The minimum Gasteiger partial charge on any atom is -0.494 e. The van der Waals surface area contributed by atoms with Crippen molar-refractivity contribution < 1.29 is 41.4 Å². The fourth-order valence-corrected chi connectivity index (χ4v) is 3.14. The normalized spacial score (nSPS) is 11.3. The summed E-state index contributed by atoms with van der Waals surface area (Å²) in [7, 11) is 1.23. The van der Waals surface area contributed by atoms with Crippen LogP contribution in [0.2, 0.25) is 0 Å². The fraction of sp³-hybridized carbons (Fsp3) is 0.143. The number of hydrogen-bond acceptors (Lipinski definition) is 3. The van der Waals surface area contributed by atoms with E-state index in [1.807, 2.05) is 0 Å². The summed E-state index contributed by atoms with van der Waals surface area (Å²) >= 11 is 0. The minimum atomic E-state index is -4.99. The Hall–Kier alpha value is -3.89. The van der Waals surface area contributed by atoms with Crippen molar-refractivity contribution in [3.05, 3.63) is 65.0 Å². The first-order chi connectivity index (χ1) is 14.9. The molecule has 11 heteroatoms. The maximum atomic E-state index is 13.4. The predicted octanol–water partition coefficient (Wildman–Crippen LogP) is 5.37. The third-order valence-corrected chi connectivity index (χ3v) is 4.56. The van der Waals surface area contributed by atoms with Crippen LogP contribution in [0.25, 0.3) is 21.8 Å². The van der Waals surface area contributed by atoms with E-state index in [0.29, 0.717) is 5.52 Å². The van der Waals surface area contributed by atoms with Crippen LogP contribution in [-0.4, -0.2) is 40.1 Å². The molecule has 0 atom stereocenters. The monoisotopic (exact) mass is 454 g/mol. The highest BCUT2D eigenvalue weighted by Gasteiger charge is 2.40. The number of carboxylic acids is 1. The SMILES string of the molecule is COc1cc2[nH]cc(C(=O)C(F)(F)F)c2cc1F.Cc1cc(F)c2c(C(=O)O)c[nH]c2c1. The number of aromatic carboxylic acids is 1. The van der Waals surface area contributed by atoms with Gasteiger partial charge in [-0.25, -0.2) is 13.6 Å². The Morgan fingerprint density at radius 2 is 1.56 bits per heavy atom. The van der Waals surface area contributed by atoms with Crippen molar-refractivity contribution in [2.45, 2.75) is 13.1 Å². The van der Waals surface area contributed by atoms with E-state index < -0.39 is 35.1 Å². The van der Waals surface area contributed by atoms with Gasteiger partial charge in [0.05, 0.1) is 23.8 Å². The number of ether oxygens (including phenoxy) is 1. The number of carbonyl (C=O) groups is 2. The van der Waals surface area contributed by atoms with Gasteiger partial charge >= 0.3 is 12.1 Å². The van der Waals surface area contributed by atoms with Gasteiger partial charge in [-0.15, -0.1) is 0 Å². The van der Waals surface area contributed by atoms with Gasteiger partial charge in [-0.2, -0.15) is 13.2 Å². The molecule has 2 aromatic carbocycles. The van der Waals surface area contributed by atoms with Crippen molar-refractivity contribution in [1.29, 1.82) is 0 Å². The molecule has 32 heavy (non-hydrogen) atoms. The van der Waals surface area contributed by atoms with E-state index >= 15 is 0 Å². The molecule has 4 aromatic rings. The van der Waals surface area contributed by atoms with Gasteiger partial charge in [-0.3, -0.25) is 4.79 Å². The smallest absolute Gasteiger partial charge is 0.454 e. The number of Topliss-reactive ketones (excluding diaryl/α,β-unsaturated/α-hetero) is 1. The topological polar surface area (TPSA) is 95.2 Å². The van der Waals surface area contributed by atoms with Crippen LogP contribution in [0.3, 0.4) is 0 Å². The van der Waals surface area contributed by atoms with Gasteiger partial charge in [0, 0.05) is 34.7 Å². The molecule has 0 aliphatic carbocycles. The number of rotatable bonds is 3. The van der Waals surface area contributed by atoms with Crippen LogP contribution in [0.4, 0.5) is 22.0 Å². The highest BCUT2D eigenvalue weighted by Crippen LogP contribution is 2.30. The lowest BCUT2D eigenvalue weighted by molar-refractivity contribution is -0.0884. The van der Waals surface area contributed by atoms with E-state index in [0.717, 1.165) is 17.8 Å². The highest BCUT2D eigenvalue weighted by molar-refractivity contribution is 6.10. The Labute approximate surface area is 176 Å². The Morgan fingerprint density at radius 1 is 0.938 bits per heavy atom. The molecule has 0 saturated carbocycles. The van der Waals surface area contributed by atoms with E-state index in [4.69, 9.17) is 5.11 Å². The molecule has 2 aromatic heterocycles. The molecular weight excluding hydrogens is 439 g/mol. The maximum Gasteiger partial charge on any atom is 0.454 e. The molecule has 0 aliphatic rings. The Bertz CT molecular complexity index is 1340. The van der Waals surface area contributed by atoms with Gasteiger partial charge in [-0.05, 0) is 30.7 Å². The number of alkyl halides is 3. The number of aromatic nitrogens is 2. The summed E-state index contributed by atoms with van der Waals surface area (Å²) in [5, 5.41) is 8.79. The largest absolute Gasteiger partial charge is 0.494 e. The summed E-state index contributed by atoms with van der Waals surface area (Å²) in [4.78, 5) is 27.0. The number of hydrogen-bond donors (Lipinski definition) is 3. The lowest BCUT2D eigenvalue weighted by Crippen LogP contribution is -2.22. The average Bonchev–Trinajstić information content (AvgIpc) is 3.30. The third kappa shape index (κ3) is 4.27. The van der Waals surface area contributed by atoms with Crippen molar-refractivity contribution in [2.24, 2.45) is 0 Å². The van der Waals surface area contributed by atoms with Crippen molar-refractivity contribution >= 4 is 33.6 Å². The number of H-pyrrole nitrogens is 2. The number of methoxy groups -OCH3 is 1. The molecule has 0 saturated heterocycles. The Balaban J connectivity index is 0.000000186. The minimum absolute atomic E-state index is 0.0301. The van der Waals surface area contributed by atoms with Gasteiger partial charge in [0.1, 0.15) is 5.82 Å². The van der Waals surface area contributed by atoms with Gasteiger partial charge < -0.3 is 19.8 Å². The van der Waals surface area contributed by atoms with E-state index in [1.165, 1.54) is 25.4 Å². The Morgan fingerprint density at radius 3 is 2.16 bits per heavy atom. The number of aryl methyl sites for hydroxylation is 1. The zero-order valence-electron chi connectivity index (χ0n) is 16.5. The first-order valence-corrected chi connectivity index (χ1v) is 8.90. The maximum absolute atomic E-state index is 13.4. The van der Waals surface area contributed by atoms with Crippen molar-refractivity contribution in [2.75, 3.05) is 7.11 Å². The summed E-state index contributed by atoms with van der Waals surface area (Å²) < 4.78 is 68.4. The van der Waals surface area contributed by atoms with Crippen LogP contribution in [0.5, 0.6) is 5.75 Å². The molecule has 0 amide bonds. The van der Waals surface area contributed by atoms with Crippen LogP contribution in [0, 0.1) is 18.6 Å². The van der Waals surface area contributed by atoms with E-state index in [-0.39, 0.29) is 27.6 Å². The van der Waals surface area contributed by atoms with Gasteiger partial charge in [0.25, 0.3) is 5.78 Å². The molecule has 4 rings (SSSR count). The molecule has 6 nitrogen and oxygen atoms in total. The van der Waals surface area contributed by atoms with Crippen LogP contribution in [0.15, 0.2) is 36.7 Å². The predicted molar refractivity (Wildman–Crippen MR) is 105 cm³/mol. The fourth-order valence-electron chi connectivity index (χ4n) is 3.14. The van der Waals surface area contributed by atoms with E-state index in [2.05, 4.69) is 14.7 Å². The molecule has 0 aliphatic heterocycles. The standard InChI is InChI=1S/C11H7F4NO2.C10H8FNO2/c1-18-9-3-8-5(2-7(9)12)6(4-16-8)10(17)11(13,14)15;1-5-2-7(11)9-6(10(13)14)4-12-8(9)3-5/h2-4,16H,1H3;2-4,12H,1H3,(H,13,14). The number of aromatic amines is 2. The molecule has 0 fully saturated rings. The van der Waals surface area contributed by atoms with E-state index in [9.17, 15) is 31.5 Å².